The lowest BCUT2D eigenvalue weighted by Crippen LogP contribution is -2.48. The molecule has 0 bridgehead atoms. The lowest BCUT2D eigenvalue weighted by molar-refractivity contribution is 0.256. The lowest BCUT2D eigenvalue weighted by Gasteiger charge is -2.36. The van der Waals surface area contributed by atoms with E-state index in [9.17, 15) is 0 Å². The van der Waals surface area contributed by atoms with Crippen molar-refractivity contribution in [2.75, 3.05) is 51.3 Å². The molecule has 170 valence electrons. The fraction of sp³-hybridized carbons (Fsp3) is 0.423. The molecule has 2 heterocycles. The van der Waals surface area contributed by atoms with Crippen LogP contribution in [0.25, 0.3) is 11.3 Å². The van der Waals surface area contributed by atoms with Gasteiger partial charge in [0.15, 0.2) is 5.89 Å². The zero-order valence-corrected chi connectivity index (χ0v) is 19.2. The van der Waals surface area contributed by atoms with Crippen molar-refractivity contribution in [1.29, 1.82) is 0 Å². The van der Waals surface area contributed by atoms with Gasteiger partial charge in [-0.2, -0.15) is 0 Å². The summed E-state index contributed by atoms with van der Waals surface area (Å²) in [6, 6.07) is 18.7. The second-order valence-corrected chi connectivity index (χ2v) is 8.20. The van der Waals surface area contributed by atoms with Crippen LogP contribution in [0.4, 0.5) is 5.69 Å². The summed E-state index contributed by atoms with van der Waals surface area (Å²) in [4.78, 5) is 9.72. The molecule has 0 amide bonds. The molecule has 0 spiro atoms. The average molecular weight is 435 g/mol. The van der Waals surface area contributed by atoms with Crippen molar-refractivity contribution in [2.24, 2.45) is 0 Å². The third-order valence-electron chi connectivity index (χ3n) is 5.95. The summed E-state index contributed by atoms with van der Waals surface area (Å²) < 4.78 is 11.3. The van der Waals surface area contributed by atoms with E-state index in [2.05, 4.69) is 46.3 Å². The smallest absolute Gasteiger partial charge is 0.195 e. The molecule has 1 aliphatic heterocycles. The first-order valence-corrected chi connectivity index (χ1v) is 11.6. The number of nitrogens with one attached hydrogen (secondary N) is 1. The molecular formula is C26H34N4O2. The molecule has 0 atom stereocenters. The minimum atomic E-state index is 0.701. The number of rotatable bonds is 10. The van der Waals surface area contributed by atoms with Crippen LogP contribution in [0.1, 0.15) is 25.0 Å². The number of methoxy groups -OCH3 is 1. The number of aromatic nitrogens is 1. The predicted molar refractivity (Wildman–Crippen MR) is 129 cm³/mol. The van der Waals surface area contributed by atoms with Gasteiger partial charge in [-0.25, -0.2) is 4.98 Å². The quantitative estimate of drug-likeness (QED) is 0.483. The normalized spacial score (nSPS) is 14.6. The first-order valence-electron chi connectivity index (χ1n) is 11.6. The number of ether oxygens (including phenoxy) is 1. The molecule has 6 nitrogen and oxygen atoms in total. The van der Waals surface area contributed by atoms with Gasteiger partial charge < -0.3 is 19.4 Å². The number of hydrogen-bond acceptors (Lipinski definition) is 6. The van der Waals surface area contributed by atoms with Crippen molar-refractivity contribution < 1.29 is 9.15 Å². The van der Waals surface area contributed by atoms with E-state index >= 15 is 0 Å². The second kappa shape index (κ2) is 11.2. The molecule has 6 heteroatoms. The minimum absolute atomic E-state index is 0.701. The summed E-state index contributed by atoms with van der Waals surface area (Å²) in [5.74, 6) is 2.67. The molecule has 0 aliphatic carbocycles. The molecule has 0 unspecified atom stereocenters. The molecule has 32 heavy (non-hydrogen) atoms. The number of hydrogen-bond donors (Lipinski definition) is 1. The Bertz CT molecular complexity index is 948. The number of oxazole rings is 1. The molecule has 2 aromatic carbocycles. The molecule has 0 radical (unpaired) electrons. The maximum atomic E-state index is 6.08. The Kier molecular flexibility index (Phi) is 7.80. The van der Waals surface area contributed by atoms with Crippen LogP contribution in [0.5, 0.6) is 5.75 Å². The molecule has 3 aromatic rings. The van der Waals surface area contributed by atoms with E-state index in [1.807, 2.05) is 30.3 Å². The minimum Gasteiger partial charge on any atom is -0.497 e. The Balaban J connectivity index is 1.24. The highest BCUT2D eigenvalue weighted by molar-refractivity contribution is 5.61. The van der Waals surface area contributed by atoms with Gasteiger partial charge in [-0.15, -0.1) is 0 Å². The molecule has 0 saturated carbocycles. The topological polar surface area (TPSA) is 53.8 Å². The summed E-state index contributed by atoms with van der Waals surface area (Å²) in [6.45, 7) is 9.07. The fourth-order valence-corrected chi connectivity index (χ4v) is 4.12. The van der Waals surface area contributed by atoms with Crippen molar-refractivity contribution in [3.63, 3.8) is 0 Å². The third kappa shape index (κ3) is 5.69. The van der Waals surface area contributed by atoms with Crippen LogP contribution in [0.15, 0.2) is 59.0 Å². The van der Waals surface area contributed by atoms with Gasteiger partial charge in [-0.1, -0.05) is 37.3 Å². The Morgan fingerprint density at radius 1 is 1.00 bits per heavy atom. The third-order valence-corrected chi connectivity index (χ3v) is 5.95. The van der Waals surface area contributed by atoms with Gasteiger partial charge in [0, 0.05) is 56.9 Å². The van der Waals surface area contributed by atoms with E-state index in [1.165, 1.54) is 5.69 Å². The van der Waals surface area contributed by atoms with Crippen LogP contribution in [0.3, 0.4) is 0 Å². The Hall–Kier alpha value is -2.83. The standard InChI is InChI=1S/C26H34N4O2/c1-3-7-25-28-26(21-8-5-4-6-9-21)24(32-25)20-27-14-15-29-16-18-30(19-17-29)22-10-12-23(31-2)13-11-22/h4-6,8-13,27H,3,7,14-20H2,1-2H3. The van der Waals surface area contributed by atoms with Crippen LogP contribution in [-0.2, 0) is 13.0 Å². The van der Waals surface area contributed by atoms with Gasteiger partial charge in [0.05, 0.1) is 13.7 Å². The highest BCUT2D eigenvalue weighted by Gasteiger charge is 2.18. The largest absolute Gasteiger partial charge is 0.497 e. The van der Waals surface area contributed by atoms with Crippen molar-refractivity contribution in [1.82, 2.24) is 15.2 Å². The molecule has 1 aromatic heterocycles. The van der Waals surface area contributed by atoms with Crippen molar-refractivity contribution in [3.8, 4) is 17.0 Å². The predicted octanol–water partition coefficient (Wildman–Crippen LogP) is 4.21. The molecule has 1 saturated heterocycles. The molecule has 4 rings (SSSR count). The average Bonchev–Trinajstić information content (AvgIpc) is 3.26. The summed E-state index contributed by atoms with van der Waals surface area (Å²) in [5.41, 5.74) is 3.35. The van der Waals surface area contributed by atoms with Gasteiger partial charge in [-0.3, -0.25) is 4.90 Å². The van der Waals surface area contributed by atoms with Crippen LogP contribution in [-0.4, -0.2) is 56.3 Å². The Morgan fingerprint density at radius 3 is 2.44 bits per heavy atom. The van der Waals surface area contributed by atoms with Gasteiger partial charge in [0.25, 0.3) is 0 Å². The first-order chi connectivity index (χ1) is 15.8. The van der Waals surface area contributed by atoms with Crippen molar-refractivity contribution >= 4 is 5.69 Å². The van der Waals surface area contributed by atoms with E-state index in [0.29, 0.717) is 6.54 Å². The zero-order chi connectivity index (χ0) is 22.2. The Labute approximate surface area is 191 Å². The lowest BCUT2D eigenvalue weighted by atomic mass is 10.1. The zero-order valence-electron chi connectivity index (χ0n) is 19.2. The number of aryl methyl sites for hydroxylation is 1. The number of piperazine rings is 1. The maximum Gasteiger partial charge on any atom is 0.195 e. The van der Waals surface area contributed by atoms with Gasteiger partial charge >= 0.3 is 0 Å². The van der Waals surface area contributed by atoms with Crippen molar-refractivity contribution in [2.45, 2.75) is 26.3 Å². The van der Waals surface area contributed by atoms with Crippen molar-refractivity contribution in [3.05, 3.63) is 66.2 Å². The SMILES string of the molecule is CCCc1nc(-c2ccccc2)c(CNCCN2CCN(c3ccc(OC)cc3)CC2)o1. The first kappa shape index (κ1) is 22.4. The Morgan fingerprint density at radius 2 is 1.75 bits per heavy atom. The maximum absolute atomic E-state index is 6.08. The summed E-state index contributed by atoms with van der Waals surface area (Å²) in [6.07, 6.45) is 1.91. The van der Waals surface area contributed by atoms with Crippen LogP contribution < -0.4 is 15.0 Å². The van der Waals surface area contributed by atoms with E-state index in [-0.39, 0.29) is 0 Å². The molecule has 1 N–H and O–H groups in total. The van der Waals surface area contributed by atoms with Crippen LogP contribution in [0, 0.1) is 0 Å². The van der Waals surface area contributed by atoms with E-state index < -0.39 is 0 Å². The molecular weight excluding hydrogens is 400 g/mol. The van der Waals surface area contributed by atoms with Crippen LogP contribution in [0.2, 0.25) is 0 Å². The monoisotopic (exact) mass is 434 g/mol. The summed E-state index contributed by atoms with van der Waals surface area (Å²) in [7, 11) is 1.71. The number of nitrogens with zero attached hydrogens (tertiary/aromatic N) is 3. The van der Waals surface area contributed by atoms with E-state index in [1.54, 1.807) is 7.11 Å². The highest BCUT2D eigenvalue weighted by atomic mass is 16.5. The fourth-order valence-electron chi connectivity index (χ4n) is 4.12. The van der Waals surface area contributed by atoms with Gasteiger partial charge in [-0.05, 0) is 30.7 Å². The summed E-state index contributed by atoms with van der Waals surface area (Å²) >= 11 is 0. The molecule has 1 fully saturated rings. The molecule has 1 aliphatic rings. The van der Waals surface area contributed by atoms with Gasteiger partial charge in [0.1, 0.15) is 17.2 Å². The highest BCUT2D eigenvalue weighted by Crippen LogP contribution is 2.24. The second-order valence-electron chi connectivity index (χ2n) is 8.20. The van der Waals surface area contributed by atoms with E-state index in [4.69, 9.17) is 14.1 Å². The van der Waals surface area contributed by atoms with Gasteiger partial charge in [0.2, 0.25) is 0 Å². The number of benzene rings is 2. The van der Waals surface area contributed by atoms with Crippen LogP contribution >= 0.6 is 0 Å². The van der Waals surface area contributed by atoms with E-state index in [0.717, 1.165) is 80.8 Å². The summed E-state index contributed by atoms with van der Waals surface area (Å²) in [5, 5.41) is 3.57. The number of anilines is 1.